The number of nitrogens with one attached hydrogen (secondary N) is 7. The van der Waals surface area contributed by atoms with Gasteiger partial charge in [0, 0.05) is 49.3 Å². The number of para-hydroxylation sites is 1. The third-order valence-corrected chi connectivity index (χ3v) is 12.4. The molecule has 0 spiro atoms. The minimum absolute atomic E-state index is 0.0848. The first kappa shape index (κ1) is 56.3. The summed E-state index contributed by atoms with van der Waals surface area (Å²) >= 11 is 0. The highest BCUT2D eigenvalue weighted by Gasteiger charge is 2.40. The average Bonchev–Trinajstić information content (AvgIpc) is 3.92. The van der Waals surface area contributed by atoms with Crippen LogP contribution in [0, 0.1) is 0 Å². The molecule has 0 radical (unpaired) electrons. The Labute approximate surface area is 422 Å². The lowest BCUT2D eigenvalue weighted by atomic mass is 10.0. The van der Waals surface area contributed by atoms with Gasteiger partial charge in [-0.05, 0) is 54.2 Å². The molecule has 9 N–H and O–H groups in total. The van der Waals surface area contributed by atoms with E-state index in [2.05, 4.69) is 41.1 Å². The molecule has 1 aliphatic rings. The van der Waals surface area contributed by atoms with Gasteiger partial charge in [-0.1, -0.05) is 100 Å². The normalized spacial score (nSPS) is 14.5. The molecule has 0 aliphatic carbocycles. The van der Waals surface area contributed by atoms with Gasteiger partial charge >= 0.3 is 16.4 Å². The van der Waals surface area contributed by atoms with Gasteiger partial charge in [-0.25, -0.2) is 0 Å². The fourth-order valence-electron chi connectivity index (χ4n) is 8.18. The topological polar surface area (TPSA) is 329 Å². The average molecular weight is 1030 g/mol. The summed E-state index contributed by atoms with van der Waals surface area (Å²) in [5.74, 6) is -7.66. The van der Waals surface area contributed by atoms with Gasteiger partial charge in [-0.2, -0.15) is 8.42 Å². The molecule has 22 nitrogen and oxygen atoms in total. The molecule has 4 aromatic rings. The zero-order valence-corrected chi connectivity index (χ0v) is 41.3. The summed E-state index contributed by atoms with van der Waals surface area (Å²) in [6.07, 6.45) is 3.00. The number of aliphatic carboxylic acids is 1. The van der Waals surface area contributed by atoms with Gasteiger partial charge in [0.25, 0.3) is 0 Å². The van der Waals surface area contributed by atoms with Crippen molar-refractivity contribution in [1.82, 2.24) is 41.8 Å². The molecule has 392 valence electrons. The summed E-state index contributed by atoms with van der Waals surface area (Å²) in [5, 5.41) is 26.0. The van der Waals surface area contributed by atoms with Crippen molar-refractivity contribution in [2.24, 2.45) is 0 Å². The number of likely N-dealkylation sites (tertiary alicyclic amines) is 1. The zero-order valence-electron chi connectivity index (χ0n) is 40.5. The van der Waals surface area contributed by atoms with E-state index in [9.17, 15) is 56.7 Å². The Morgan fingerprint density at radius 1 is 0.671 bits per heavy atom. The van der Waals surface area contributed by atoms with Gasteiger partial charge in [-0.3, -0.25) is 52.6 Å². The van der Waals surface area contributed by atoms with E-state index in [1.165, 1.54) is 24.3 Å². The predicted octanol–water partition coefficient (Wildman–Crippen LogP) is 1.92. The number of benzene rings is 3. The van der Waals surface area contributed by atoms with Crippen molar-refractivity contribution in [1.29, 1.82) is 0 Å². The molecular formula is C50H62N8O14S. The summed E-state index contributed by atoms with van der Waals surface area (Å²) in [6, 6.07) is 14.8. The van der Waals surface area contributed by atoms with Crippen LogP contribution in [0.15, 0.2) is 85.1 Å². The van der Waals surface area contributed by atoms with E-state index in [-0.39, 0.29) is 50.8 Å². The van der Waals surface area contributed by atoms with E-state index >= 15 is 0 Å². The largest absolute Gasteiger partial charge is 0.481 e. The molecule has 1 fully saturated rings. The van der Waals surface area contributed by atoms with Crippen molar-refractivity contribution in [2.45, 2.75) is 121 Å². The molecular weight excluding hydrogens is 969 g/mol. The zero-order chi connectivity index (χ0) is 53.1. The number of carboxylic acid groups (broad SMARTS) is 1. The van der Waals surface area contributed by atoms with Crippen LogP contribution in [-0.2, 0) is 72.8 Å². The lowest BCUT2D eigenvalue weighted by Gasteiger charge is -2.28. The molecule has 1 aromatic heterocycles. The predicted molar refractivity (Wildman–Crippen MR) is 264 cm³/mol. The number of carbonyl (C=O) groups excluding carboxylic acids is 8. The number of carboxylic acids is 1. The second-order valence-corrected chi connectivity index (χ2v) is 18.5. The SMILES string of the molecule is CCCC[C@H](NC(=O)[C@@H](Cc1c[nH]c2ccccc12)NC(=O)CNC(=O)[C@H](CCCC)NC(=O)[C@H](Cc1ccc(OS(=O)(=O)O)cc1)N1C(=O)CCC1=O)C(=O)N[C@@H](CC(=O)O)C(=O)NCCc1ccccc1. The molecule has 2 heterocycles. The summed E-state index contributed by atoms with van der Waals surface area (Å²) in [7, 11) is -4.83. The number of fused-ring (bicyclic) bond motifs is 1. The van der Waals surface area contributed by atoms with Crippen molar-refractivity contribution in [2.75, 3.05) is 13.1 Å². The summed E-state index contributed by atoms with van der Waals surface area (Å²) in [5.41, 5.74) is 2.66. The smallest absolute Gasteiger partial charge is 0.446 e. The maximum absolute atomic E-state index is 14.3. The minimum Gasteiger partial charge on any atom is -0.481 e. The number of amides is 8. The number of imide groups is 1. The molecule has 5 atom stereocenters. The third kappa shape index (κ3) is 17.6. The fourth-order valence-corrected chi connectivity index (χ4v) is 8.54. The standard InChI is InChI=1S/C50H62N8O14S/c1-3-5-15-37(56-50(68)41(58-43(60)22-23-44(58)61)26-32-18-20-34(21-19-32)72-73(69,70)71)46(64)53-30-42(59)54-39(27-33-29-52-36-17-11-10-14-35(33)36)49(67)55-38(16-6-4-2)48(66)57-40(28-45(62)63)47(65)51-25-24-31-12-8-7-9-13-31/h7-14,17-21,29,37-41,52H,3-6,15-16,22-28,30H2,1-2H3,(H,51,65)(H,53,64)(H,54,59)(H,55,67)(H,56,68)(H,57,66)(H,62,63)(H,69,70,71)/t37-,38-,39+,40-,41-/m0/s1. The van der Waals surface area contributed by atoms with Crippen LogP contribution in [0.5, 0.6) is 5.75 Å². The van der Waals surface area contributed by atoms with Crippen LogP contribution in [-0.4, -0.2) is 124 Å². The van der Waals surface area contributed by atoms with Crippen LogP contribution in [0.1, 0.15) is 88.3 Å². The number of hydrogen-bond donors (Lipinski definition) is 9. The highest BCUT2D eigenvalue weighted by molar-refractivity contribution is 7.81. The molecule has 8 amide bonds. The molecule has 0 bridgehead atoms. The maximum atomic E-state index is 14.3. The van der Waals surface area contributed by atoms with Crippen molar-refractivity contribution in [3.8, 4) is 5.75 Å². The van der Waals surface area contributed by atoms with Gasteiger partial charge in [0.05, 0.1) is 13.0 Å². The maximum Gasteiger partial charge on any atom is 0.446 e. The van der Waals surface area contributed by atoms with E-state index in [0.717, 1.165) is 21.4 Å². The summed E-state index contributed by atoms with van der Waals surface area (Å²) in [4.78, 5) is 125. The Morgan fingerprint density at radius 2 is 1.25 bits per heavy atom. The lowest BCUT2D eigenvalue weighted by Crippen LogP contribution is -2.58. The van der Waals surface area contributed by atoms with Crippen LogP contribution >= 0.6 is 0 Å². The Balaban J connectivity index is 1.30. The molecule has 3 aromatic carbocycles. The molecule has 73 heavy (non-hydrogen) atoms. The van der Waals surface area contributed by atoms with E-state index in [1.54, 1.807) is 12.3 Å². The molecule has 5 rings (SSSR count). The van der Waals surface area contributed by atoms with Gasteiger partial charge in [0.2, 0.25) is 47.3 Å². The lowest BCUT2D eigenvalue weighted by molar-refractivity contribution is -0.147. The second kappa shape index (κ2) is 27.2. The number of rotatable bonds is 29. The fraction of sp³-hybridized carbons (Fsp3) is 0.420. The summed E-state index contributed by atoms with van der Waals surface area (Å²) in [6.45, 7) is 3.19. The first-order chi connectivity index (χ1) is 34.8. The number of hydrogen-bond acceptors (Lipinski definition) is 12. The van der Waals surface area contributed by atoms with Gasteiger partial charge < -0.3 is 46.2 Å². The number of carbonyl (C=O) groups is 9. The monoisotopic (exact) mass is 1030 g/mol. The molecule has 0 saturated carbocycles. The van der Waals surface area contributed by atoms with Gasteiger partial charge in [0.15, 0.2) is 0 Å². The first-order valence-corrected chi connectivity index (χ1v) is 25.4. The van der Waals surface area contributed by atoms with Crippen LogP contribution in [0.25, 0.3) is 10.9 Å². The van der Waals surface area contributed by atoms with Gasteiger partial charge in [-0.15, -0.1) is 0 Å². The van der Waals surface area contributed by atoms with Crippen molar-refractivity contribution in [3.05, 3.63) is 102 Å². The Bertz CT molecular complexity index is 2700. The molecule has 1 saturated heterocycles. The number of aromatic nitrogens is 1. The third-order valence-electron chi connectivity index (χ3n) is 12.0. The van der Waals surface area contributed by atoms with E-state index in [0.29, 0.717) is 43.2 Å². The van der Waals surface area contributed by atoms with Crippen molar-refractivity contribution >= 4 is 74.5 Å². The van der Waals surface area contributed by atoms with Crippen molar-refractivity contribution in [3.63, 3.8) is 0 Å². The second-order valence-electron chi connectivity index (χ2n) is 17.5. The highest BCUT2D eigenvalue weighted by Crippen LogP contribution is 2.23. The number of H-pyrrole nitrogens is 1. The Kier molecular flexibility index (Phi) is 21.0. The van der Waals surface area contributed by atoms with Crippen molar-refractivity contribution < 1.29 is 65.4 Å². The highest BCUT2D eigenvalue weighted by atomic mass is 32.3. The number of aromatic amines is 1. The number of nitrogens with zero attached hydrogens (tertiary/aromatic N) is 1. The van der Waals surface area contributed by atoms with E-state index in [4.69, 9.17) is 4.55 Å². The quantitative estimate of drug-likeness (QED) is 0.0277. The van der Waals surface area contributed by atoms with E-state index < -0.39 is 107 Å². The Morgan fingerprint density at radius 3 is 1.88 bits per heavy atom. The van der Waals surface area contributed by atoms with Crippen LogP contribution in [0.3, 0.4) is 0 Å². The number of unbranched alkanes of at least 4 members (excludes halogenated alkanes) is 2. The first-order valence-electron chi connectivity index (χ1n) is 24.0. The summed E-state index contributed by atoms with van der Waals surface area (Å²) < 4.78 is 35.8. The van der Waals surface area contributed by atoms with Crippen LogP contribution in [0.4, 0.5) is 0 Å². The molecule has 1 aliphatic heterocycles. The van der Waals surface area contributed by atoms with Gasteiger partial charge in [0.1, 0.15) is 36.0 Å². The van der Waals surface area contributed by atoms with Crippen LogP contribution < -0.4 is 36.1 Å². The molecule has 23 heteroatoms. The van der Waals surface area contributed by atoms with Crippen LogP contribution in [0.2, 0.25) is 0 Å². The molecule has 0 unspecified atom stereocenters. The minimum atomic E-state index is -4.83. The van der Waals surface area contributed by atoms with E-state index in [1.807, 2.05) is 62.4 Å². The Hall–Kier alpha value is -7.66.